The maximum atomic E-state index is 13.4. The smallest absolute Gasteiger partial charge is 0.295 e. The first kappa shape index (κ1) is 31.0. The highest BCUT2D eigenvalue weighted by atomic mass is 16.5. The summed E-state index contributed by atoms with van der Waals surface area (Å²) < 4.78 is 17.3. The van der Waals surface area contributed by atoms with Crippen molar-refractivity contribution in [3.05, 3.63) is 59.2 Å². The molecular weight excluding hydrogens is 508 g/mol. The number of carbonyl (C=O) groups is 2. The van der Waals surface area contributed by atoms with Crippen LogP contribution in [-0.4, -0.2) is 73.1 Å². The highest BCUT2D eigenvalue weighted by Gasteiger charge is 2.46. The number of benzene rings is 2. The molecule has 1 saturated heterocycles. The van der Waals surface area contributed by atoms with E-state index in [-0.39, 0.29) is 11.3 Å². The Morgan fingerprint density at radius 3 is 2.15 bits per heavy atom. The molecule has 8 nitrogen and oxygen atoms in total. The SMILES string of the molecule is CCCCOc1ccc(/C(O)=C2\C(=O)C(=O)N(CCN(CC)CC)C2c2ccc(OCCCC)c(OC)c2)cc1. The minimum atomic E-state index is -0.769. The fraction of sp³-hybridized carbons (Fsp3) is 0.500. The van der Waals surface area contributed by atoms with Crippen molar-refractivity contribution in [2.24, 2.45) is 0 Å². The van der Waals surface area contributed by atoms with Crippen LogP contribution in [0.2, 0.25) is 0 Å². The van der Waals surface area contributed by atoms with Crippen molar-refractivity contribution in [3.8, 4) is 17.2 Å². The zero-order valence-corrected chi connectivity index (χ0v) is 24.6. The number of ether oxygens (including phenoxy) is 3. The lowest BCUT2D eigenvalue weighted by Crippen LogP contribution is -2.38. The molecule has 0 bridgehead atoms. The van der Waals surface area contributed by atoms with E-state index in [1.807, 2.05) is 6.07 Å². The molecule has 0 saturated carbocycles. The van der Waals surface area contributed by atoms with Gasteiger partial charge in [0.05, 0.1) is 31.9 Å². The Hall–Kier alpha value is -3.52. The molecule has 1 amide bonds. The van der Waals surface area contributed by atoms with E-state index < -0.39 is 17.7 Å². The average molecular weight is 553 g/mol. The molecule has 0 spiro atoms. The van der Waals surface area contributed by atoms with E-state index in [0.29, 0.717) is 54.7 Å². The molecule has 1 N–H and O–H groups in total. The molecular formula is C32H44N2O6. The zero-order chi connectivity index (χ0) is 29.1. The molecule has 2 aromatic rings. The van der Waals surface area contributed by atoms with Gasteiger partial charge in [-0.2, -0.15) is 0 Å². The number of aliphatic hydroxyl groups excluding tert-OH is 1. The summed E-state index contributed by atoms with van der Waals surface area (Å²) in [4.78, 5) is 30.5. The summed E-state index contributed by atoms with van der Waals surface area (Å²) in [6.07, 6.45) is 3.90. The summed E-state index contributed by atoms with van der Waals surface area (Å²) >= 11 is 0. The molecule has 0 aliphatic carbocycles. The highest BCUT2D eigenvalue weighted by Crippen LogP contribution is 2.42. The van der Waals surface area contributed by atoms with E-state index in [9.17, 15) is 14.7 Å². The van der Waals surface area contributed by atoms with Crippen molar-refractivity contribution >= 4 is 17.4 Å². The molecule has 0 radical (unpaired) electrons. The van der Waals surface area contributed by atoms with Crippen molar-refractivity contribution in [1.82, 2.24) is 9.80 Å². The van der Waals surface area contributed by atoms with Gasteiger partial charge in [0, 0.05) is 18.7 Å². The second-order valence-corrected chi connectivity index (χ2v) is 9.86. The zero-order valence-electron chi connectivity index (χ0n) is 24.6. The molecule has 218 valence electrons. The first-order valence-corrected chi connectivity index (χ1v) is 14.4. The number of carbonyl (C=O) groups excluding carboxylic acids is 2. The number of likely N-dealkylation sites (N-methyl/N-ethyl adjacent to an activating group) is 1. The third-order valence-corrected chi connectivity index (χ3v) is 7.24. The van der Waals surface area contributed by atoms with Crippen LogP contribution in [0.15, 0.2) is 48.0 Å². The van der Waals surface area contributed by atoms with E-state index in [1.165, 1.54) is 0 Å². The molecule has 3 rings (SSSR count). The van der Waals surface area contributed by atoms with Gasteiger partial charge >= 0.3 is 0 Å². The summed E-state index contributed by atoms with van der Waals surface area (Å²) in [5.74, 6) is 0.253. The average Bonchev–Trinajstić information content (AvgIpc) is 3.23. The normalized spacial score (nSPS) is 16.6. The largest absolute Gasteiger partial charge is 0.507 e. The highest BCUT2D eigenvalue weighted by molar-refractivity contribution is 6.46. The number of Topliss-reactive ketones (excluding diaryl/α,β-unsaturated/α-hetero) is 1. The molecule has 1 aliphatic rings. The van der Waals surface area contributed by atoms with Crippen LogP contribution in [0.4, 0.5) is 0 Å². The van der Waals surface area contributed by atoms with Gasteiger partial charge in [-0.25, -0.2) is 0 Å². The Morgan fingerprint density at radius 1 is 0.900 bits per heavy atom. The van der Waals surface area contributed by atoms with Crippen molar-refractivity contribution in [1.29, 1.82) is 0 Å². The van der Waals surface area contributed by atoms with Crippen LogP contribution >= 0.6 is 0 Å². The van der Waals surface area contributed by atoms with Crippen molar-refractivity contribution in [2.75, 3.05) is 46.5 Å². The summed E-state index contributed by atoms with van der Waals surface area (Å²) in [5, 5.41) is 11.4. The lowest BCUT2D eigenvalue weighted by Gasteiger charge is -2.28. The lowest BCUT2D eigenvalue weighted by molar-refractivity contribution is -0.140. The first-order chi connectivity index (χ1) is 19.4. The minimum Gasteiger partial charge on any atom is -0.507 e. The van der Waals surface area contributed by atoms with Gasteiger partial charge in [0.2, 0.25) is 0 Å². The molecule has 1 aliphatic heterocycles. The van der Waals surface area contributed by atoms with Gasteiger partial charge in [0.15, 0.2) is 11.5 Å². The molecule has 1 unspecified atom stereocenters. The number of amides is 1. The Labute approximate surface area is 238 Å². The maximum absolute atomic E-state index is 13.4. The monoisotopic (exact) mass is 552 g/mol. The fourth-order valence-electron chi connectivity index (χ4n) is 4.75. The number of methoxy groups -OCH3 is 1. The van der Waals surface area contributed by atoms with E-state index in [2.05, 4.69) is 32.6 Å². The lowest BCUT2D eigenvalue weighted by atomic mass is 9.95. The third kappa shape index (κ3) is 7.36. The topological polar surface area (TPSA) is 88.5 Å². The quantitative estimate of drug-likeness (QED) is 0.122. The Bertz CT molecular complexity index is 1160. The van der Waals surface area contributed by atoms with Crippen molar-refractivity contribution in [2.45, 2.75) is 59.4 Å². The number of hydrogen-bond acceptors (Lipinski definition) is 7. The van der Waals surface area contributed by atoms with Gasteiger partial charge in [-0.05, 0) is 67.9 Å². The molecule has 1 atom stereocenters. The molecule has 40 heavy (non-hydrogen) atoms. The predicted molar refractivity (Wildman–Crippen MR) is 157 cm³/mol. The molecule has 0 aromatic heterocycles. The standard InChI is InChI=1S/C32H44N2O6/c1-6-10-20-39-25-15-12-23(13-16-25)30(35)28-29(34(32(37)31(28)36)19-18-33(8-3)9-4)24-14-17-26(27(22-24)38-5)40-21-11-7-2/h12-17,22,29,35H,6-11,18-21H2,1-5H3/b30-28+. The van der Waals surface area contributed by atoms with Crippen molar-refractivity contribution < 1.29 is 28.9 Å². The van der Waals surface area contributed by atoms with Crippen LogP contribution in [0.25, 0.3) is 5.76 Å². The summed E-state index contributed by atoms with van der Waals surface area (Å²) in [6.45, 7) is 12.1. The minimum absolute atomic E-state index is 0.0610. The van der Waals surface area contributed by atoms with Crippen LogP contribution in [0, 0.1) is 0 Å². The van der Waals surface area contributed by atoms with Crippen LogP contribution in [0.5, 0.6) is 17.2 Å². The van der Waals surface area contributed by atoms with Crippen LogP contribution < -0.4 is 14.2 Å². The molecule has 1 fully saturated rings. The summed E-state index contributed by atoms with van der Waals surface area (Å²) in [5.41, 5.74) is 1.17. The van der Waals surface area contributed by atoms with Gasteiger partial charge in [-0.3, -0.25) is 9.59 Å². The van der Waals surface area contributed by atoms with Gasteiger partial charge in [0.1, 0.15) is 11.5 Å². The second-order valence-electron chi connectivity index (χ2n) is 9.86. The van der Waals surface area contributed by atoms with Crippen LogP contribution in [-0.2, 0) is 9.59 Å². The molecule has 8 heteroatoms. The van der Waals surface area contributed by atoms with Gasteiger partial charge in [0.25, 0.3) is 11.7 Å². The van der Waals surface area contributed by atoms with E-state index in [0.717, 1.165) is 38.8 Å². The fourth-order valence-corrected chi connectivity index (χ4v) is 4.75. The van der Waals surface area contributed by atoms with Crippen molar-refractivity contribution in [3.63, 3.8) is 0 Å². The maximum Gasteiger partial charge on any atom is 0.295 e. The number of rotatable bonds is 16. The number of hydrogen-bond donors (Lipinski definition) is 1. The first-order valence-electron chi connectivity index (χ1n) is 14.4. The summed E-state index contributed by atoms with van der Waals surface area (Å²) in [6, 6.07) is 11.6. The Kier molecular flexibility index (Phi) is 11.9. The van der Waals surface area contributed by atoms with E-state index in [1.54, 1.807) is 48.4 Å². The molecule has 2 aromatic carbocycles. The van der Waals surface area contributed by atoms with Crippen LogP contribution in [0.1, 0.15) is 70.5 Å². The number of ketones is 1. The summed E-state index contributed by atoms with van der Waals surface area (Å²) in [7, 11) is 1.56. The van der Waals surface area contributed by atoms with Crippen LogP contribution in [0.3, 0.4) is 0 Å². The number of aliphatic hydroxyl groups is 1. The van der Waals surface area contributed by atoms with Gasteiger partial charge in [-0.1, -0.05) is 46.6 Å². The molecule has 1 heterocycles. The number of unbranched alkanes of at least 4 members (excludes halogenated alkanes) is 2. The second kappa shape index (κ2) is 15.3. The third-order valence-electron chi connectivity index (χ3n) is 7.24. The van der Waals surface area contributed by atoms with Gasteiger partial charge in [-0.15, -0.1) is 0 Å². The van der Waals surface area contributed by atoms with Gasteiger partial charge < -0.3 is 29.1 Å². The number of nitrogens with zero attached hydrogens (tertiary/aromatic N) is 2. The predicted octanol–water partition coefficient (Wildman–Crippen LogP) is 5.82. The Balaban J connectivity index is 2.04. The van der Waals surface area contributed by atoms with E-state index in [4.69, 9.17) is 14.2 Å². The van der Waals surface area contributed by atoms with E-state index >= 15 is 0 Å². The number of likely N-dealkylation sites (tertiary alicyclic amines) is 1. The Morgan fingerprint density at radius 2 is 1.55 bits per heavy atom.